The number of para-hydroxylation sites is 6. The van der Waals surface area contributed by atoms with E-state index in [-0.39, 0.29) is 0 Å². The number of nitrogens with zero attached hydrogens (tertiary/aromatic N) is 3. The van der Waals surface area contributed by atoms with Gasteiger partial charge < -0.3 is 18.1 Å². The topological polar surface area (TPSA) is 27.9 Å². The van der Waals surface area contributed by atoms with E-state index in [0.717, 1.165) is 61.2 Å². The van der Waals surface area contributed by atoms with Crippen molar-refractivity contribution < 1.29 is 4.42 Å². The Bertz CT molecular complexity index is 4180. The third-order valence-corrected chi connectivity index (χ3v) is 13.4. The molecule has 14 aromatic rings. The van der Waals surface area contributed by atoms with Crippen molar-refractivity contribution in [3.63, 3.8) is 0 Å². The molecule has 4 nitrogen and oxygen atoms in total. The van der Waals surface area contributed by atoms with Crippen LogP contribution in [0.1, 0.15) is 0 Å². The van der Waals surface area contributed by atoms with Gasteiger partial charge in [0.2, 0.25) is 0 Å². The van der Waals surface area contributed by atoms with Gasteiger partial charge in [-0.15, -0.1) is 0 Å². The highest BCUT2D eigenvalue weighted by Crippen LogP contribution is 2.47. The maximum atomic E-state index is 6.78. The minimum absolute atomic E-state index is 0.883. The summed E-state index contributed by atoms with van der Waals surface area (Å²) in [6.45, 7) is 0. The molecular weight excluding hydrogens is 779 g/mol. The van der Waals surface area contributed by atoms with Crippen molar-refractivity contribution in [3.05, 3.63) is 224 Å². The number of fused-ring (bicyclic) bond motifs is 13. The van der Waals surface area contributed by atoms with Gasteiger partial charge in [-0.25, -0.2) is 0 Å². The lowest BCUT2D eigenvalue weighted by molar-refractivity contribution is 0.670. The Hall–Kier alpha value is -8.60. The van der Waals surface area contributed by atoms with Crippen LogP contribution in [0.4, 0.5) is 0 Å². The van der Waals surface area contributed by atoms with E-state index in [1.807, 2.05) is 0 Å². The van der Waals surface area contributed by atoms with Crippen LogP contribution in [0.15, 0.2) is 229 Å². The summed E-state index contributed by atoms with van der Waals surface area (Å²) in [5.74, 6) is 0. The molecule has 0 aliphatic rings. The first kappa shape index (κ1) is 35.0. The standard InChI is InChI=1S/C60H37N3O/c1-3-17-38(18-4-1)42-32-34-55(59-46-25-11-16-30-56(46)64-60(42)59)63-51-29-15-10-24-45(51)58-54(63)36-35-53-57(58)44-23-9-14-28-50(44)62(53)48-26-12-7-21-41(48)39-31-33-52-47(37-39)43-22-8-13-27-49(43)61(52)40-19-5-2-6-20-40/h1-37H. The van der Waals surface area contributed by atoms with Crippen molar-refractivity contribution in [2.45, 2.75) is 0 Å². The summed E-state index contributed by atoms with van der Waals surface area (Å²) >= 11 is 0. The van der Waals surface area contributed by atoms with E-state index in [2.05, 4.69) is 238 Å². The molecule has 0 saturated heterocycles. The second-order valence-electron chi connectivity index (χ2n) is 16.8. The summed E-state index contributed by atoms with van der Waals surface area (Å²) in [6, 6.07) is 81.3. The Morgan fingerprint density at radius 1 is 0.281 bits per heavy atom. The minimum Gasteiger partial charge on any atom is -0.455 e. The third-order valence-electron chi connectivity index (χ3n) is 13.4. The zero-order valence-corrected chi connectivity index (χ0v) is 34.6. The lowest BCUT2D eigenvalue weighted by Gasteiger charge is -2.15. The van der Waals surface area contributed by atoms with Crippen molar-refractivity contribution in [3.8, 4) is 39.3 Å². The van der Waals surface area contributed by atoms with Gasteiger partial charge in [-0.3, -0.25) is 0 Å². The molecule has 0 aliphatic carbocycles. The summed E-state index contributed by atoms with van der Waals surface area (Å²) in [6.07, 6.45) is 0. The first-order valence-corrected chi connectivity index (χ1v) is 21.9. The zero-order chi connectivity index (χ0) is 41.9. The summed E-state index contributed by atoms with van der Waals surface area (Å²) in [5, 5.41) is 9.62. The molecular formula is C60H37N3O. The van der Waals surface area contributed by atoms with Gasteiger partial charge in [-0.05, 0) is 90.0 Å². The number of hydrogen-bond donors (Lipinski definition) is 0. The van der Waals surface area contributed by atoms with E-state index >= 15 is 0 Å². The minimum atomic E-state index is 0.883. The van der Waals surface area contributed by atoms with Crippen LogP contribution in [-0.4, -0.2) is 13.7 Å². The molecule has 298 valence electrons. The van der Waals surface area contributed by atoms with Crippen LogP contribution < -0.4 is 0 Å². The average molecular weight is 816 g/mol. The third kappa shape index (κ3) is 4.88. The van der Waals surface area contributed by atoms with Crippen LogP contribution >= 0.6 is 0 Å². The molecule has 4 aromatic heterocycles. The van der Waals surface area contributed by atoms with Gasteiger partial charge in [0.05, 0.1) is 49.9 Å². The van der Waals surface area contributed by atoms with Crippen molar-refractivity contribution in [1.29, 1.82) is 0 Å². The van der Waals surface area contributed by atoms with E-state index in [0.29, 0.717) is 0 Å². The van der Waals surface area contributed by atoms with Crippen molar-refractivity contribution >= 4 is 87.4 Å². The number of rotatable bonds is 5. The number of benzene rings is 10. The van der Waals surface area contributed by atoms with Crippen LogP contribution in [0.5, 0.6) is 0 Å². The molecule has 0 N–H and O–H groups in total. The molecule has 0 spiro atoms. The fraction of sp³-hybridized carbons (Fsp3) is 0. The summed E-state index contributed by atoms with van der Waals surface area (Å²) < 4.78 is 14.1. The van der Waals surface area contributed by atoms with Crippen LogP contribution in [0, 0.1) is 0 Å². The number of hydrogen-bond acceptors (Lipinski definition) is 1. The Kier molecular flexibility index (Phi) is 7.36. The molecule has 0 amide bonds. The fourth-order valence-electron chi connectivity index (χ4n) is 10.8. The summed E-state index contributed by atoms with van der Waals surface area (Å²) in [4.78, 5) is 0. The lowest BCUT2D eigenvalue weighted by atomic mass is 10.0. The van der Waals surface area contributed by atoms with Gasteiger partial charge in [0.15, 0.2) is 0 Å². The highest BCUT2D eigenvalue weighted by atomic mass is 16.3. The molecule has 10 aromatic carbocycles. The van der Waals surface area contributed by atoms with Gasteiger partial charge in [0.25, 0.3) is 0 Å². The SMILES string of the molecule is c1ccc(-c2ccc(-n3c4ccccc4c4c5c6ccccc6n(-c6ccccc6-c6ccc7c(c6)c6ccccc6n7-c6ccccc6)c5ccc43)c3c2oc2ccccc23)cc1. The van der Waals surface area contributed by atoms with Crippen LogP contribution in [0.2, 0.25) is 0 Å². The average Bonchev–Trinajstić information content (AvgIpc) is 4.11. The molecule has 64 heavy (non-hydrogen) atoms. The summed E-state index contributed by atoms with van der Waals surface area (Å²) in [7, 11) is 0. The predicted octanol–water partition coefficient (Wildman–Crippen LogP) is 16.2. The van der Waals surface area contributed by atoms with E-state index in [4.69, 9.17) is 4.42 Å². The van der Waals surface area contributed by atoms with E-state index < -0.39 is 0 Å². The molecule has 0 radical (unpaired) electrons. The first-order chi connectivity index (χ1) is 31.8. The molecule has 0 unspecified atom stereocenters. The van der Waals surface area contributed by atoms with Crippen molar-refractivity contribution in [1.82, 2.24) is 13.7 Å². The maximum Gasteiger partial charge on any atom is 0.145 e. The van der Waals surface area contributed by atoms with Crippen molar-refractivity contribution in [2.75, 3.05) is 0 Å². The van der Waals surface area contributed by atoms with E-state index in [1.54, 1.807) is 0 Å². The van der Waals surface area contributed by atoms with Gasteiger partial charge in [-0.2, -0.15) is 0 Å². The van der Waals surface area contributed by atoms with E-state index in [9.17, 15) is 0 Å². The van der Waals surface area contributed by atoms with Gasteiger partial charge in [0.1, 0.15) is 11.2 Å². The normalized spacial score (nSPS) is 12.1. The highest BCUT2D eigenvalue weighted by Gasteiger charge is 2.25. The second-order valence-corrected chi connectivity index (χ2v) is 16.8. The summed E-state index contributed by atoms with van der Waals surface area (Å²) in [5.41, 5.74) is 16.8. The Morgan fingerprint density at radius 2 is 0.812 bits per heavy atom. The number of aromatic nitrogens is 3. The van der Waals surface area contributed by atoms with Crippen LogP contribution in [0.25, 0.3) is 127 Å². The Labute approximate surface area is 367 Å². The Balaban J connectivity index is 1.03. The van der Waals surface area contributed by atoms with Gasteiger partial charge >= 0.3 is 0 Å². The lowest BCUT2D eigenvalue weighted by Crippen LogP contribution is -1.98. The maximum absolute atomic E-state index is 6.78. The quantitative estimate of drug-likeness (QED) is 0.170. The molecule has 0 bridgehead atoms. The van der Waals surface area contributed by atoms with Gasteiger partial charge in [0, 0.05) is 54.5 Å². The monoisotopic (exact) mass is 815 g/mol. The molecule has 4 heterocycles. The zero-order valence-electron chi connectivity index (χ0n) is 34.6. The smallest absolute Gasteiger partial charge is 0.145 e. The van der Waals surface area contributed by atoms with E-state index in [1.165, 1.54) is 65.5 Å². The molecule has 0 aliphatic heterocycles. The Morgan fingerprint density at radius 3 is 1.53 bits per heavy atom. The molecule has 0 saturated carbocycles. The largest absolute Gasteiger partial charge is 0.455 e. The second kappa shape index (κ2) is 13.4. The van der Waals surface area contributed by atoms with Crippen LogP contribution in [0.3, 0.4) is 0 Å². The molecule has 0 fully saturated rings. The van der Waals surface area contributed by atoms with Crippen LogP contribution in [-0.2, 0) is 0 Å². The highest BCUT2D eigenvalue weighted by molar-refractivity contribution is 6.29. The number of furan rings is 1. The first-order valence-electron chi connectivity index (χ1n) is 21.9. The predicted molar refractivity (Wildman–Crippen MR) is 268 cm³/mol. The molecule has 0 atom stereocenters. The fourth-order valence-corrected chi connectivity index (χ4v) is 10.8. The molecule has 4 heteroatoms. The molecule has 14 rings (SSSR count). The van der Waals surface area contributed by atoms with Crippen molar-refractivity contribution in [2.24, 2.45) is 0 Å². The van der Waals surface area contributed by atoms with Gasteiger partial charge in [-0.1, -0.05) is 146 Å².